The van der Waals surface area contributed by atoms with Gasteiger partial charge in [-0.2, -0.15) is 5.26 Å². The molecule has 2 rings (SSSR count). The van der Waals surface area contributed by atoms with Gasteiger partial charge in [-0.15, -0.1) is 0 Å². The first-order valence-corrected chi connectivity index (χ1v) is 6.88. The normalized spacial score (nSPS) is 15.9. The van der Waals surface area contributed by atoms with Crippen LogP contribution in [0.1, 0.15) is 38.2 Å². The Labute approximate surface area is 114 Å². The number of hydrogen-bond donors (Lipinski definition) is 0. The molecule has 1 aromatic rings. The van der Waals surface area contributed by atoms with E-state index in [1.807, 2.05) is 49.1 Å². The van der Waals surface area contributed by atoms with Gasteiger partial charge in [0.15, 0.2) is 0 Å². The van der Waals surface area contributed by atoms with Gasteiger partial charge in [-0.05, 0) is 38.2 Å². The summed E-state index contributed by atoms with van der Waals surface area (Å²) in [6, 6.07) is 11.6. The number of carbonyl (C=O) groups excluding carboxylic acids is 1. The maximum atomic E-state index is 12.6. The first-order valence-electron chi connectivity index (χ1n) is 6.88. The number of hydrogen-bond acceptors (Lipinski definition) is 2. The van der Waals surface area contributed by atoms with Gasteiger partial charge in [-0.1, -0.05) is 30.3 Å². The van der Waals surface area contributed by atoms with Crippen molar-refractivity contribution < 1.29 is 4.79 Å². The molecule has 0 radical (unpaired) electrons. The largest absolute Gasteiger partial charge is 0.339 e. The smallest absolute Gasteiger partial charge is 0.244 e. The second kappa shape index (κ2) is 5.88. The van der Waals surface area contributed by atoms with Crippen LogP contribution in [0.2, 0.25) is 0 Å². The van der Waals surface area contributed by atoms with Crippen molar-refractivity contribution >= 4 is 5.91 Å². The van der Waals surface area contributed by atoms with E-state index in [4.69, 9.17) is 0 Å². The molecule has 1 saturated carbocycles. The van der Waals surface area contributed by atoms with E-state index in [2.05, 4.69) is 6.07 Å². The summed E-state index contributed by atoms with van der Waals surface area (Å²) in [5.41, 5.74) is 0.788. The van der Waals surface area contributed by atoms with Crippen molar-refractivity contribution in [2.24, 2.45) is 5.92 Å². The number of amides is 1. The zero-order valence-corrected chi connectivity index (χ0v) is 11.5. The molecule has 1 atom stereocenters. The molecule has 0 saturated heterocycles. The number of benzene rings is 1. The summed E-state index contributed by atoms with van der Waals surface area (Å²) in [5.74, 6) is -0.0978. The molecular formula is C16H20N2O. The van der Waals surface area contributed by atoms with Crippen LogP contribution in [0.15, 0.2) is 30.3 Å². The average Bonchev–Trinajstić information content (AvgIpc) is 3.21. The molecular weight excluding hydrogens is 236 g/mol. The summed E-state index contributed by atoms with van der Waals surface area (Å²) in [5, 5.41) is 9.33. The maximum absolute atomic E-state index is 12.6. The molecule has 1 amide bonds. The molecule has 1 aliphatic carbocycles. The van der Waals surface area contributed by atoms with Gasteiger partial charge in [0, 0.05) is 12.6 Å². The van der Waals surface area contributed by atoms with Crippen LogP contribution < -0.4 is 0 Å². The molecule has 0 N–H and O–H groups in total. The predicted molar refractivity (Wildman–Crippen MR) is 74.4 cm³/mol. The van der Waals surface area contributed by atoms with Gasteiger partial charge < -0.3 is 4.90 Å². The highest BCUT2D eigenvalue weighted by molar-refractivity contribution is 5.86. The topological polar surface area (TPSA) is 44.1 Å². The van der Waals surface area contributed by atoms with E-state index in [-0.39, 0.29) is 11.9 Å². The Hall–Kier alpha value is -1.82. The maximum Gasteiger partial charge on any atom is 0.244 e. The molecule has 0 bridgehead atoms. The number of nitriles is 1. The number of nitrogens with zero attached hydrogens (tertiary/aromatic N) is 2. The van der Waals surface area contributed by atoms with Crippen molar-refractivity contribution in [2.75, 3.05) is 6.54 Å². The lowest BCUT2D eigenvalue weighted by atomic mass is 9.98. The van der Waals surface area contributed by atoms with E-state index in [9.17, 15) is 10.1 Å². The highest BCUT2D eigenvalue weighted by Crippen LogP contribution is 2.31. The molecule has 19 heavy (non-hydrogen) atoms. The van der Waals surface area contributed by atoms with Gasteiger partial charge in [0.05, 0.1) is 6.07 Å². The van der Waals surface area contributed by atoms with Gasteiger partial charge in [0.25, 0.3) is 0 Å². The van der Waals surface area contributed by atoms with Crippen LogP contribution in [-0.4, -0.2) is 23.4 Å². The lowest BCUT2D eigenvalue weighted by Crippen LogP contribution is -2.41. The van der Waals surface area contributed by atoms with Gasteiger partial charge in [0.1, 0.15) is 5.92 Å². The predicted octanol–water partition coefficient (Wildman–Crippen LogP) is 2.94. The van der Waals surface area contributed by atoms with Crippen LogP contribution in [0.3, 0.4) is 0 Å². The van der Waals surface area contributed by atoms with Crippen LogP contribution in [0.5, 0.6) is 0 Å². The van der Waals surface area contributed by atoms with E-state index >= 15 is 0 Å². The van der Waals surface area contributed by atoms with Gasteiger partial charge in [-0.3, -0.25) is 4.79 Å². The Morgan fingerprint density at radius 1 is 1.37 bits per heavy atom. The van der Waals surface area contributed by atoms with Gasteiger partial charge in [-0.25, -0.2) is 0 Å². The number of carbonyl (C=O) groups is 1. The van der Waals surface area contributed by atoms with Crippen molar-refractivity contribution in [2.45, 2.75) is 38.6 Å². The molecule has 1 aliphatic rings. The minimum Gasteiger partial charge on any atom is -0.339 e. The summed E-state index contributed by atoms with van der Waals surface area (Å²) in [7, 11) is 0. The van der Waals surface area contributed by atoms with Crippen LogP contribution in [0.4, 0.5) is 0 Å². The van der Waals surface area contributed by atoms with Crippen molar-refractivity contribution in [3.63, 3.8) is 0 Å². The molecule has 3 nitrogen and oxygen atoms in total. The standard InChI is InChI=1S/C16H20N2O/c1-12(2)18(11-13-8-9-13)16(19)15(10-17)14-6-4-3-5-7-14/h3-7,12-13,15H,8-9,11H2,1-2H3. The Morgan fingerprint density at radius 3 is 2.47 bits per heavy atom. The molecule has 100 valence electrons. The zero-order valence-electron chi connectivity index (χ0n) is 11.5. The fourth-order valence-corrected chi connectivity index (χ4v) is 2.22. The third-order valence-electron chi connectivity index (χ3n) is 3.57. The van der Waals surface area contributed by atoms with Crippen LogP contribution in [0, 0.1) is 17.2 Å². The van der Waals surface area contributed by atoms with Gasteiger partial charge >= 0.3 is 0 Å². The summed E-state index contributed by atoms with van der Waals surface area (Å²) in [6.07, 6.45) is 2.41. The lowest BCUT2D eigenvalue weighted by molar-refractivity contribution is -0.133. The highest BCUT2D eigenvalue weighted by Gasteiger charge is 2.32. The van der Waals surface area contributed by atoms with Crippen molar-refractivity contribution in [1.29, 1.82) is 5.26 Å². The fourth-order valence-electron chi connectivity index (χ4n) is 2.22. The van der Waals surface area contributed by atoms with Gasteiger partial charge in [0.2, 0.25) is 5.91 Å². The molecule has 0 spiro atoms. The monoisotopic (exact) mass is 256 g/mol. The lowest BCUT2D eigenvalue weighted by Gasteiger charge is -2.28. The molecule has 1 aromatic carbocycles. The Balaban J connectivity index is 2.16. The van der Waals surface area contributed by atoms with Crippen molar-refractivity contribution in [3.8, 4) is 6.07 Å². The van der Waals surface area contributed by atoms with Crippen LogP contribution >= 0.6 is 0 Å². The molecule has 0 aliphatic heterocycles. The van der Waals surface area contributed by atoms with Crippen LogP contribution in [0.25, 0.3) is 0 Å². The Bertz CT molecular complexity index is 471. The average molecular weight is 256 g/mol. The molecule has 1 fully saturated rings. The Morgan fingerprint density at radius 2 is 2.00 bits per heavy atom. The van der Waals surface area contributed by atoms with E-state index in [1.54, 1.807) is 0 Å². The molecule has 0 aromatic heterocycles. The second-order valence-corrected chi connectivity index (χ2v) is 5.50. The van der Waals surface area contributed by atoms with E-state index in [0.29, 0.717) is 5.92 Å². The summed E-state index contributed by atoms with van der Waals surface area (Å²) >= 11 is 0. The third-order valence-corrected chi connectivity index (χ3v) is 3.57. The van der Waals surface area contributed by atoms with Crippen LogP contribution in [-0.2, 0) is 4.79 Å². The first-order chi connectivity index (χ1) is 9.13. The zero-order chi connectivity index (χ0) is 13.8. The van der Waals surface area contributed by atoms with Crippen molar-refractivity contribution in [1.82, 2.24) is 4.90 Å². The third kappa shape index (κ3) is 3.35. The Kier molecular flexibility index (Phi) is 4.21. The summed E-state index contributed by atoms with van der Waals surface area (Å²) in [6.45, 7) is 4.82. The fraction of sp³-hybridized carbons (Fsp3) is 0.500. The summed E-state index contributed by atoms with van der Waals surface area (Å²) < 4.78 is 0. The SMILES string of the molecule is CC(C)N(CC1CC1)C(=O)C(C#N)c1ccccc1. The highest BCUT2D eigenvalue weighted by atomic mass is 16.2. The number of rotatable bonds is 5. The van der Waals surface area contributed by atoms with Crippen molar-refractivity contribution in [3.05, 3.63) is 35.9 Å². The minimum absolute atomic E-state index is 0.0596. The minimum atomic E-state index is -0.678. The second-order valence-electron chi connectivity index (χ2n) is 5.50. The van der Waals surface area contributed by atoms with E-state index in [0.717, 1.165) is 12.1 Å². The van der Waals surface area contributed by atoms with E-state index < -0.39 is 5.92 Å². The van der Waals surface area contributed by atoms with E-state index in [1.165, 1.54) is 12.8 Å². The first kappa shape index (κ1) is 13.6. The molecule has 3 heteroatoms. The summed E-state index contributed by atoms with van der Waals surface area (Å²) in [4.78, 5) is 14.4. The quantitative estimate of drug-likeness (QED) is 0.813. The molecule has 0 heterocycles. The molecule has 1 unspecified atom stereocenters.